The lowest BCUT2D eigenvalue weighted by molar-refractivity contribution is -0.137. The number of carbonyl (C=O) groups excluding carboxylic acids is 1. The molecule has 0 aromatic heterocycles. The fourth-order valence-electron chi connectivity index (χ4n) is 2.35. The van der Waals surface area contributed by atoms with Crippen LogP contribution in [-0.4, -0.2) is 12.5 Å². The molecule has 6 heteroatoms. The summed E-state index contributed by atoms with van der Waals surface area (Å²) in [6, 6.07) is 2.86. The van der Waals surface area contributed by atoms with Crippen LogP contribution in [0.5, 0.6) is 0 Å². The van der Waals surface area contributed by atoms with Crippen molar-refractivity contribution in [1.82, 2.24) is 0 Å². The molecule has 0 saturated carbocycles. The van der Waals surface area contributed by atoms with Crippen LogP contribution in [0.3, 0.4) is 0 Å². The molecule has 0 fully saturated rings. The lowest BCUT2D eigenvalue weighted by Crippen LogP contribution is -2.42. The van der Waals surface area contributed by atoms with Crippen molar-refractivity contribution in [3.8, 4) is 0 Å². The number of anilines is 1. The van der Waals surface area contributed by atoms with Gasteiger partial charge in [0.25, 0.3) is 0 Å². The van der Waals surface area contributed by atoms with E-state index in [2.05, 4.69) is 0 Å². The van der Waals surface area contributed by atoms with Crippen LogP contribution in [0, 0.1) is 5.92 Å². The van der Waals surface area contributed by atoms with Gasteiger partial charge in [-0.3, -0.25) is 4.79 Å². The van der Waals surface area contributed by atoms with E-state index in [9.17, 15) is 18.0 Å². The van der Waals surface area contributed by atoms with Crippen LogP contribution in [0.25, 0.3) is 0 Å². The smallest absolute Gasteiger partial charge is 0.324 e. The molecule has 2 rings (SSSR count). The van der Waals surface area contributed by atoms with Gasteiger partial charge in [-0.05, 0) is 29.7 Å². The maximum Gasteiger partial charge on any atom is 0.416 e. The maximum atomic E-state index is 12.7. The monoisotopic (exact) mass is 272 g/mol. The quantitative estimate of drug-likeness (QED) is 0.789. The minimum Gasteiger partial charge on any atom is -0.324 e. The van der Waals surface area contributed by atoms with Crippen LogP contribution in [-0.2, 0) is 11.0 Å². The van der Waals surface area contributed by atoms with Gasteiger partial charge in [-0.2, -0.15) is 13.2 Å². The molecule has 3 nitrogen and oxygen atoms in total. The maximum absolute atomic E-state index is 12.7. The number of rotatable bonds is 0. The van der Waals surface area contributed by atoms with Gasteiger partial charge in [0.1, 0.15) is 0 Å². The Morgan fingerprint density at radius 3 is 2.58 bits per heavy atom. The molecule has 2 atom stereocenters. The molecule has 1 aliphatic rings. The first kappa shape index (κ1) is 13.9. The first-order valence-electron chi connectivity index (χ1n) is 5.96. The summed E-state index contributed by atoms with van der Waals surface area (Å²) in [4.78, 5) is 13.0. The standard InChI is InChI=1S/C13H15F3N2O/c1-7-6-18(8(2)19)11-4-3-9(13(14,15)16)5-10(11)12(7)17/h3-5,7,12H,6,17H2,1-2H3/t7-,12?/m1/s1. The predicted octanol–water partition coefficient (Wildman–Crippen LogP) is 2.71. The Kier molecular flexibility index (Phi) is 3.30. The van der Waals surface area contributed by atoms with Crippen LogP contribution >= 0.6 is 0 Å². The molecule has 1 amide bonds. The van der Waals surface area contributed by atoms with E-state index in [1.165, 1.54) is 17.9 Å². The van der Waals surface area contributed by atoms with E-state index < -0.39 is 17.8 Å². The van der Waals surface area contributed by atoms with Gasteiger partial charge in [0.05, 0.1) is 5.56 Å². The lowest BCUT2D eigenvalue weighted by Gasteiger charge is -2.37. The molecule has 0 saturated heterocycles. The Morgan fingerprint density at radius 2 is 2.05 bits per heavy atom. The first-order valence-corrected chi connectivity index (χ1v) is 5.96. The van der Waals surface area contributed by atoms with Gasteiger partial charge in [0.2, 0.25) is 5.91 Å². The number of nitrogens with two attached hydrogens (primary N) is 1. The van der Waals surface area contributed by atoms with E-state index in [4.69, 9.17) is 5.73 Å². The van der Waals surface area contributed by atoms with Crippen molar-refractivity contribution >= 4 is 11.6 Å². The van der Waals surface area contributed by atoms with Crippen molar-refractivity contribution in [3.05, 3.63) is 29.3 Å². The van der Waals surface area contributed by atoms with Crippen molar-refractivity contribution in [1.29, 1.82) is 0 Å². The van der Waals surface area contributed by atoms with E-state index in [1.54, 1.807) is 0 Å². The van der Waals surface area contributed by atoms with E-state index in [1.807, 2.05) is 6.92 Å². The van der Waals surface area contributed by atoms with Gasteiger partial charge in [0, 0.05) is 25.2 Å². The molecular weight excluding hydrogens is 257 g/mol. The van der Waals surface area contributed by atoms with Gasteiger partial charge < -0.3 is 10.6 Å². The third kappa shape index (κ3) is 2.45. The second-order valence-electron chi connectivity index (χ2n) is 4.90. The summed E-state index contributed by atoms with van der Waals surface area (Å²) in [5.41, 5.74) is 6.08. The number of alkyl halides is 3. The number of nitrogens with zero attached hydrogens (tertiary/aromatic N) is 1. The molecule has 0 bridgehead atoms. The summed E-state index contributed by atoms with van der Waals surface area (Å²) < 4.78 is 38.1. The highest BCUT2D eigenvalue weighted by atomic mass is 19.4. The van der Waals surface area contributed by atoms with E-state index >= 15 is 0 Å². The summed E-state index contributed by atoms with van der Waals surface area (Å²) in [7, 11) is 0. The van der Waals surface area contributed by atoms with Crippen LogP contribution in [0.15, 0.2) is 18.2 Å². The summed E-state index contributed by atoms with van der Waals surface area (Å²) in [5.74, 6) is -0.278. The molecule has 0 aliphatic carbocycles. The molecule has 104 valence electrons. The number of halogens is 3. The molecule has 19 heavy (non-hydrogen) atoms. The van der Waals surface area contributed by atoms with Crippen LogP contribution in [0.4, 0.5) is 18.9 Å². The Labute approximate surface area is 109 Å². The van der Waals surface area contributed by atoms with Crippen molar-refractivity contribution in [2.24, 2.45) is 11.7 Å². The van der Waals surface area contributed by atoms with E-state index in [0.717, 1.165) is 12.1 Å². The average molecular weight is 272 g/mol. The van der Waals surface area contributed by atoms with Crippen molar-refractivity contribution in [2.75, 3.05) is 11.4 Å². The van der Waals surface area contributed by atoms with Crippen LogP contribution in [0.2, 0.25) is 0 Å². The topological polar surface area (TPSA) is 46.3 Å². The summed E-state index contributed by atoms with van der Waals surface area (Å²) in [6.45, 7) is 3.64. The molecular formula is C13H15F3N2O. The van der Waals surface area contributed by atoms with Crippen molar-refractivity contribution < 1.29 is 18.0 Å². The number of hydrogen-bond donors (Lipinski definition) is 1. The largest absolute Gasteiger partial charge is 0.416 e. The lowest BCUT2D eigenvalue weighted by atomic mass is 9.88. The SMILES string of the molecule is CC(=O)N1C[C@@H](C)C(N)c2cc(C(F)(F)F)ccc21. The molecule has 1 aliphatic heterocycles. The zero-order valence-corrected chi connectivity index (χ0v) is 10.7. The second kappa shape index (κ2) is 4.52. The molecule has 2 N–H and O–H groups in total. The summed E-state index contributed by atoms with van der Waals surface area (Å²) in [5, 5.41) is 0. The third-order valence-electron chi connectivity index (χ3n) is 3.47. The Morgan fingerprint density at radius 1 is 1.42 bits per heavy atom. The number of amides is 1. The summed E-state index contributed by atoms with van der Waals surface area (Å²) >= 11 is 0. The summed E-state index contributed by atoms with van der Waals surface area (Å²) in [6.07, 6.45) is -4.41. The van der Waals surface area contributed by atoms with E-state index in [-0.39, 0.29) is 11.8 Å². The highest BCUT2D eigenvalue weighted by molar-refractivity contribution is 5.93. The number of benzene rings is 1. The van der Waals surface area contributed by atoms with Crippen LogP contribution in [0.1, 0.15) is 31.0 Å². The first-order chi connectivity index (χ1) is 8.71. The Balaban J connectivity index is 2.55. The van der Waals surface area contributed by atoms with Crippen molar-refractivity contribution in [2.45, 2.75) is 26.1 Å². The predicted molar refractivity (Wildman–Crippen MR) is 65.6 cm³/mol. The molecule has 0 spiro atoms. The Bertz CT molecular complexity index is 513. The molecule has 1 heterocycles. The minimum atomic E-state index is -4.41. The number of hydrogen-bond acceptors (Lipinski definition) is 2. The average Bonchev–Trinajstić information content (AvgIpc) is 2.31. The zero-order chi connectivity index (χ0) is 14.4. The Hall–Kier alpha value is -1.56. The number of fused-ring (bicyclic) bond motifs is 1. The second-order valence-corrected chi connectivity index (χ2v) is 4.90. The third-order valence-corrected chi connectivity index (χ3v) is 3.47. The highest BCUT2D eigenvalue weighted by Crippen LogP contribution is 2.39. The zero-order valence-electron chi connectivity index (χ0n) is 10.7. The highest BCUT2D eigenvalue weighted by Gasteiger charge is 2.35. The molecule has 1 unspecified atom stereocenters. The minimum absolute atomic E-state index is 0.0834. The molecule has 1 aromatic carbocycles. The normalized spacial score (nSPS) is 23.2. The van der Waals surface area contributed by atoms with Gasteiger partial charge in [0.15, 0.2) is 0 Å². The fraction of sp³-hybridized carbons (Fsp3) is 0.462. The number of carbonyl (C=O) groups is 1. The van der Waals surface area contributed by atoms with Gasteiger partial charge in [-0.15, -0.1) is 0 Å². The van der Waals surface area contributed by atoms with Crippen molar-refractivity contribution in [3.63, 3.8) is 0 Å². The van der Waals surface area contributed by atoms with E-state index in [0.29, 0.717) is 17.8 Å². The molecule has 0 radical (unpaired) electrons. The molecule has 1 aromatic rings. The van der Waals surface area contributed by atoms with Gasteiger partial charge in [-0.25, -0.2) is 0 Å². The van der Waals surface area contributed by atoms with Gasteiger partial charge >= 0.3 is 6.18 Å². The fourth-order valence-corrected chi connectivity index (χ4v) is 2.35. The van der Waals surface area contributed by atoms with Gasteiger partial charge in [-0.1, -0.05) is 6.92 Å². The van der Waals surface area contributed by atoms with Crippen LogP contribution < -0.4 is 10.6 Å².